The lowest BCUT2D eigenvalue weighted by Gasteiger charge is -2.14. The van der Waals surface area contributed by atoms with E-state index in [4.69, 9.17) is 4.74 Å². The van der Waals surface area contributed by atoms with Crippen LogP contribution in [-0.2, 0) is 9.53 Å². The largest absolute Gasteiger partial charge is 0.462 e. The molecule has 1 rings (SSSR count). The van der Waals surface area contributed by atoms with Crippen molar-refractivity contribution in [3.8, 4) is 0 Å². The van der Waals surface area contributed by atoms with E-state index in [1.54, 1.807) is 0 Å². The zero-order valence-electron chi connectivity index (χ0n) is 7.46. The van der Waals surface area contributed by atoms with Crippen molar-refractivity contribution in [2.75, 3.05) is 0 Å². The third kappa shape index (κ3) is 2.21. The summed E-state index contributed by atoms with van der Waals surface area (Å²) in [7, 11) is 0. The van der Waals surface area contributed by atoms with Crippen LogP contribution < -0.4 is 0 Å². The molecule has 0 bridgehead atoms. The number of carbonyl (C=O) groups excluding carboxylic acids is 1. The molecule has 2 nitrogen and oxygen atoms in total. The van der Waals surface area contributed by atoms with Crippen LogP contribution in [0.2, 0.25) is 0 Å². The van der Waals surface area contributed by atoms with Crippen molar-refractivity contribution >= 4 is 5.97 Å². The number of rotatable bonds is 2. The second-order valence-electron chi connectivity index (χ2n) is 3.79. The summed E-state index contributed by atoms with van der Waals surface area (Å²) in [6, 6.07) is 0. The van der Waals surface area contributed by atoms with Crippen molar-refractivity contribution in [3.63, 3.8) is 0 Å². The maximum Gasteiger partial charge on any atom is 0.306 e. The molecule has 11 heavy (non-hydrogen) atoms. The first-order valence-electron chi connectivity index (χ1n) is 4.29. The van der Waals surface area contributed by atoms with Gasteiger partial charge in [0.05, 0.1) is 6.42 Å². The van der Waals surface area contributed by atoms with Crippen molar-refractivity contribution in [2.45, 2.75) is 39.7 Å². The number of carbonyl (C=O) groups is 1. The third-order valence-electron chi connectivity index (χ3n) is 2.18. The predicted octanol–water partition coefficient (Wildman–Crippen LogP) is 1.98. The minimum atomic E-state index is -0.0249. The number of cyclic esters (lactones) is 1. The van der Waals surface area contributed by atoms with Crippen molar-refractivity contribution in [1.82, 2.24) is 0 Å². The van der Waals surface area contributed by atoms with Gasteiger partial charge in [-0.1, -0.05) is 13.8 Å². The summed E-state index contributed by atoms with van der Waals surface area (Å²) < 4.78 is 5.04. The monoisotopic (exact) mass is 156 g/mol. The lowest BCUT2D eigenvalue weighted by Crippen LogP contribution is -2.13. The van der Waals surface area contributed by atoms with E-state index in [1.165, 1.54) is 0 Å². The van der Waals surface area contributed by atoms with Gasteiger partial charge in [0.2, 0.25) is 0 Å². The van der Waals surface area contributed by atoms with E-state index in [0.29, 0.717) is 18.3 Å². The van der Waals surface area contributed by atoms with Crippen LogP contribution in [-0.4, -0.2) is 12.1 Å². The fourth-order valence-corrected chi connectivity index (χ4v) is 1.61. The van der Waals surface area contributed by atoms with Gasteiger partial charge in [0, 0.05) is 5.92 Å². The minimum absolute atomic E-state index is 0.0249. The fraction of sp³-hybridized carbons (Fsp3) is 0.889. The number of hydrogen-bond donors (Lipinski definition) is 0. The molecular formula is C9H16O2. The molecule has 1 fully saturated rings. The Balaban J connectivity index is 2.40. The van der Waals surface area contributed by atoms with Gasteiger partial charge in [0.25, 0.3) is 0 Å². The fourth-order valence-electron chi connectivity index (χ4n) is 1.61. The summed E-state index contributed by atoms with van der Waals surface area (Å²) in [4.78, 5) is 10.8. The molecular weight excluding hydrogens is 140 g/mol. The molecule has 1 saturated heterocycles. The molecule has 0 aromatic carbocycles. The van der Waals surface area contributed by atoms with Gasteiger partial charge in [-0.15, -0.1) is 0 Å². The van der Waals surface area contributed by atoms with E-state index in [2.05, 4.69) is 13.8 Å². The minimum Gasteiger partial charge on any atom is -0.462 e. The number of hydrogen-bond acceptors (Lipinski definition) is 2. The Morgan fingerprint density at radius 1 is 1.64 bits per heavy atom. The Morgan fingerprint density at radius 3 is 2.64 bits per heavy atom. The van der Waals surface area contributed by atoms with Crippen LogP contribution in [0.15, 0.2) is 0 Å². The zero-order valence-corrected chi connectivity index (χ0v) is 7.46. The van der Waals surface area contributed by atoms with Gasteiger partial charge in [0.15, 0.2) is 0 Å². The quantitative estimate of drug-likeness (QED) is 0.571. The summed E-state index contributed by atoms with van der Waals surface area (Å²) in [6.45, 7) is 6.34. The topological polar surface area (TPSA) is 26.3 Å². The molecule has 64 valence electrons. The normalized spacial score (nSPS) is 31.1. The summed E-state index contributed by atoms with van der Waals surface area (Å²) in [6.07, 6.45) is 1.87. The molecule has 2 heteroatoms. The van der Waals surface area contributed by atoms with Gasteiger partial charge < -0.3 is 4.74 Å². The SMILES string of the molecule is CC(C)C[C@H]1CC(=O)OC1C. The lowest BCUT2D eigenvalue weighted by atomic mass is 9.92. The molecule has 1 heterocycles. The van der Waals surface area contributed by atoms with Gasteiger partial charge >= 0.3 is 5.97 Å². The first-order valence-corrected chi connectivity index (χ1v) is 4.29. The molecule has 0 N–H and O–H groups in total. The highest BCUT2D eigenvalue weighted by molar-refractivity contribution is 5.71. The molecule has 0 aromatic rings. The van der Waals surface area contributed by atoms with Crippen LogP contribution >= 0.6 is 0 Å². The first kappa shape index (κ1) is 8.57. The van der Waals surface area contributed by atoms with E-state index < -0.39 is 0 Å². The van der Waals surface area contributed by atoms with E-state index >= 15 is 0 Å². The maximum atomic E-state index is 10.8. The van der Waals surface area contributed by atoms with Crippen LogP contribution in [0.25, 0.3) is 0 Å². The predicted molar refractivity (Wildman–Crippen MR) is 43.1 cm³/mol. The average molecular weight is 156 g/mol. The third-order valence-corrected chi connectivity index (χ3v) is 2.18. The van der Waals surface area contributed by atoms with Gasteiger partial charge in [0.1, 0.15) is 6.10 Å². The molecule has 0 aromatic heterocycles. The highest BCUT2D eigenvalue weighted by Gasteiger charge is 2.31. The summed E-state index contributed by atoms with van der Waals surface area (Å²) >= 11 is 0. The molecule has 2 atom stereocenters. The zero-order chi connectivity index (χ0) is 8.43. The van der Waals surface area contributed by atoms with Gasteiger partial charge in [-0.3, -0.25) is 4.79 Å². The molecule has 0 aliphatic carbocycles. The van der Waals surface area contributed by atoms with E-state index in [0.717, 1.165) is 6.42 Å². The van der Waals surface area contributed by atoms with Crippen LogP contribution in [0.4, 0.5) is 0 Å². The highest BCUT2D eigenvalue weighted by Crippen LogP contribution is 2.27. The van der Waals surface area contributed by atoms with Crippen molar-refractivity contribution < 1.29 is 9.53 Å². The van der Waals surface area contributed by atoms with Gasteiger partial charge in [-0.05, 0) is 19.3 Å². The van der Waals surface area contributed by atoms with E-state index in [9.17, 15) is 4.79 Å². The molecule has 0 amide bonds. The molecule has 0 spiro atoms. The maximum absolute atomic E-state index is 10.8. The highest BCUT2D eigenvalue weighted by atomic mass is 16.5. The van der Waals surface area contributed by atoms with Crippen LogP contribution in [0.1, 0.15) is 33.6 Å². The Kier molecular flexibility index (Phi) is 2.53. The summed E-state index contributed by atoms with van der Waals surface area (Å²) in [5.74, 6) is 1.10. The Labute approximate surface area is 67.9 Å². The Hall–Kier alpha value is -0.530. The molecule has 1 unspecified atom stereocenters. The first-order chi connectivity index (χ1) is 5.09. The summed E-state index contributed by atoms with van der Waals surface area (Å²) in [5, 5.41) is 0. The molecule has 1 aliphatic heterocycles. The van der Waals surface area contributed by atoms with Crippen LogP contribution in [0, 0.1) is 11.8 Å². The van der Waals surface area contributed by atoms with E-state index in [-0.39, 0.29) is 12.1 Å². The number of ether oxygens (including phenoxy) is 1. The standard InChI is InChI=1S/C9H16O2/c1-6(2)4-8-5-9(10)11-7(8)3/h6-8H,4-5H2,1-3H3/t7?,8-/m0/s1. The molecule has 0 radical (unpaired) electrons. The van der Waals surface area contributed by atoms with Crippen molar-refractivity contribution in [3.05, 3.63) is 0 Å². The summed E-state index contributed by atoms with van der Waals surface area (Å²) in [5.41, 5.74) is 0. The average Bonchev–Trinajstić information content (AvgIpc) is 2.09. The second kappa shape index (κ2) is 3.24. The molecule has 1 aliphatic rings. The number of esters is 1. The lowest BCUT2D eigenvalue weighted by molar-refractivity contribution is -0.140. The van der Waals surface area contributed by atoms with Gasteiger partial charge in [-0.25, -0.2) is 0 Å². The van der Waals surface area contributed by atoms with Crippen LogP contribution in [0.5, 0.6) is 0 Å². The van der Waals surface area contributed by atoms with E-state index in [1.807, 2.05) is 6.92 Å². The smallest absolute Gasteiger partial charge is 0.306 e. The second-order valence-corrected chi connectivity index (χ2v) is 3.79. The van der Waals surface area contributed by atoms with Crippen molar-refractivity contribution in [2.24, 2.45) is 11.8 Å². The van der Waals surface area contributed by atoms with Crippen molar-refractivity contribution in [1.29, 1.82) is 0 Å². The Morgan fingerprint density at radius 2 is 2.27 bits per heavy atom. The van der Waals surface area contributed by atoms with Crippen LogP contribution in [0.3, 0.4) is 0 Å². The Bertz CT molecular complexity index is 152. The van der Waals surface area contributed by atoms with Gasteiger partial charge in [-0.2, -0.15) is 0 Å². The molecule has 0 saturated carbocycles.